The van der Waals surface area contributed by atoms with E-state index < -0.39 is 0 Å². The minimum Gasteiger partial charge on any atom is -0.496 e. The molecule has 0 spiro atoms. The lowest BCUT2D eigenvalue weighted by atomic mass is 9.88. The lowest BCUT2D eigenvalue weighted by Gasteiger charge is -2.29. The van der Waals surface area contributed by atoms with Crippen molar-refractivity contribution in [2.75, 3.05) is 34.5 Å². The zero-order valence-corrected chi connectivity index (χ0v) is 12.3. The van der Waals surface area contributed by atoms with Crippen LogP contribution in [0.3, 0.4) is 0 Å². The minimum absolute atomic E-state index is 0.134. The van der Waals surface area contributed by atoms with Gasteiger partial charge in [-0.1, -0.05) is 0 Å². The second-order valence-corrected chi connectivity index (χ2v) is 4.95. The van der Waals surface area contributed by atoms with E-state index >= 15 is 0 Å². The Morgan fingerprint density at radius 1 is 1.10 bits per heavy atom. The third kappa shape index (κ3) is 2.99. The average molecular weight is 281 g/mol. The van der Waals surface area contributed by atoms with Crippen molar-refractivity contribution in [1.29, 1.82) is 0 Å². The van der Waals surface area contributed by atoms with Gasteiger partial charge in [-0.3, -0.25) is 0 Å². The van der Waals surface area contributed by atoms with Crippen molar-refractivity contribution in [3.05, 3.63) is 17.7 Å². The van der Waals surface area contributed by atoms with Crippen LogP contribution in [0.2, 0.25) is 0 Å². The summed E-state index contributed by atoms with van der Waals surface area (Å²) in [5.41, 5.74) is 7.34. The van der Waals surface area contributed by atoms with E-state index in [1.807, 2.05) is 12.1 Å². The predicted octanol–water partition coefficient (Wildman–Crippen LogP) is 2.14. The number of hydrogen-bond donors (Lipinski definition) is 1. The molecule has 1 fully saturated rings. The van der Waals surface area contributed by atoms with Crippen molar-refractivity contribution >= 4 is 0 Å². The van der Waals surface area contributed by atoms with E-state index in [1.54, 1.807) is 21.3 Å². The van der Waals surface area contributed by atoms with E-state index in [-0.39, 0.29) is 6.04 Å². The fraction of sp³-hybridized carbons (Fsp3) is 0.600. The second kappa shape index (κ2) is 6.81. The second-order valence-electron chi connectivity index (χ2n) is 4.95. The monoisotopic (exact) mass is 281 g/mol. The molecule has 0 aliphatic carbocycles. The summed E-state index contributed by atoms with van der Waals surface area (Å²) in [5.74, 6) is 2.33. The summed E-state index contributed by atoms with van der Waals surface area (Å²) >= 11 is 0. The van der Waals surface area contributed by atoms with E-state index in [0.29, 0.717) is 24.0 Å². The van der Waals surface area contributed by atoms with Crippen LogP contribution in [-0.4, -0.2) is 34.5 Å². The molecule has 1 heterocycles. The van der Waals surface area contributed by atoms with Gasteiger partial charge in [0.15, 0.2) is 11.5 Å². The molecule has 112 valence electrons. The highest BCUT2D eigenvalue weighted by Gasteiger charge is 2.26. The highest BCUT2D eigenvalue weighted by molar-refractivity contribution is 5.52. The molecule has 1 aliphatic heterocycles. The number of ether oxygens (including phenoxy) is 4. The fourth-order valence-corrected chi connectivity index (χ4v) is 2.62. The Bertz CT molecular complexity index is 444. The molecule has 1 aromatic rings. The standard InChI is InChI=1S/C15H23NO4/c1-17-12-8-14(19-3)13(18-2)7-11(12)15(16)10-5-4-6-20-9-10/h7-8,10,15H,4-6,9,16H2,1-3H3. The van der Waals surface area contributed by atoms with Gasteiger partial charge in [-0.25, -0.2) is 0 Å². The maximum Gasteiger partial charge on any atom is 0.164 e. The first kappa shape index (κ1) is 14.9. The summed E-state index contributed by atoms with van der Waals surface area (Å²) in [6.45, 7) is 1.52. The van der Waals surface area contributed by atoms with Crippen molar-refractivity contribution in [2.24, 2.45) is 11.7 Å². The van der Waals surface area contributed by atoms with Crippen LogP contribution < -0.4 is 19.9 Å². The zero-order valence-electron chi connectivity index (χ0n) is 12.3. The maximum absolute atomic E-state index is 6.40. The summed E-state index contributed by atoms with van der Waals surface area (Å²) in [6.07, 6.45) is 2.12. The van der Waals surface area contributed by atoms with Gasteiger partial charge in [0, 0.05) is 30.2 Å². The first-order chi connectivity index (χ1) is 9.71. The molecule has 0 amide bonds. The van der Waals surface area contributed by atoms with Crippen LogP contribution in [0.1, 0.15) is 24.4 Å². The van der Waals surface area contributed by atoms with E-state index in [9.17, 15) is 0 Å². The van der Waals surface area contributed by atoms with Gasteiger partial charge in [-0.05, 0) is 18.9 Å². The highest BCUT2D eigenvalue weighted by Crippen LogP contribution is 2.39. The minimum atomic E-state index is -0.134. The highest BCUT2D eigenvalue weighted by atomic mass is 16.5. The Kier molecular flexibility index (Phi) is 5.09. The third-order valence-corrected chi connectivity index (χ3v) is 3.80. The number of rotatable bonds is 5. The van der Waals surface area contributed by atoms with Crippen molar-refractivity contribution in [1.82, 2.24) is 0 Å². The Balaban J connectivity index is 2.32. The summed E-state index contributed by atoms with van der Waals surface area (Å²) < 4.78 is 21.6. The number of nitrogens with two attached hydrogens (primary N) is 1. The number of benzene rings is 1. The van der Waals surface area contributed by atoms with E-state index in [1.165, 1.54) is 0 Å². The van der Waals surface area contributed by atoms with Gasteiger partial charge in [-0.2, -0.15) is 0 Å². The van der Waals surface area contributed by atoms with Crippen LogP contribution in [0.15, 0.2) is 12.1 Å². The molecule has 5 heteroatoms. The van der Waals surface area contributed by atoms with Crippen molar-refractivity contribution in [3.63, 3.8) is 0 Å². The van der Waals surface area contributed by atoms with Crippen molar-refractivity contribution in [3.8, 4) is 17.2 Å². The van der Waals surface area contributed by atoms with Crippen LogP contribution >= 0.6 is 0 Å². The van der Waals surface area contributed by atoms with Gasteiger partial charge in [0.25, 0.3) is 0 Å². The molecule has 2 rings (SSSR count). The van der Waals surface area contributed by atoms with Crippen molar-refractivity contribution < 1.29 is 18.9 Å². The molecule has 5 nitrogen and oxygen atoms in total. The van der Waals surface area contributed by atoms with Gasteiger partial charge in [0.05, 0.1) is 27.9 Å². The normalized spacial score (nSPS) is 20.3. The molecule has 2 N–H and O–H groups in total. The van der Waals surface area contributed by atoms with Gasteiger partial charge >= 0.3 is 0 Å². The third-order valence-electron chi connectivity index (χ3n) is 3.80. The molecule has 0 radical (unpaired) electrons. The van der Waals surface area contributed by atoms with E-state index in [0.717, 1.165) is 30.8 Å². The summed E-state index contributed by atoms with van der Waals surface area (Å²) in [7, 11) is 4.85. The molecule has 0 bridgehead atoms. The summed E-state index contributed by atoms with van der Waals surface area (Å²) in [6, 6.07) is 3.58. The lowest BCUT2D eigenvalue weighted by Crippen LogP contribution is -2.29. The van der Waals surface area contributed by atoms with E-state index in [2.05, 4.69) is 0 Å². The molecule has 0 aromatic heterocycles. The topological polar surface area (TPSA) is 62.9 Å². The van der Waals surface area contributed by atoms with Crippen LogP contribution in [-0.2, 0) is 4.74 Å². The van der Waals surface area contributed by atoms with Crippen LogP contribution in [0.25, 0.3) is 0 Å². The average Bonchev–Trinajstić information content (AvgIpc) is 2.53. The largest absolute Gasteiger partial charge is 0.496 e. The summed E-state index contributed by atoms with van der Waals surface area (Å²) in [5, 5.41) is 0. The number of hydrogen-bond acceptors (Lipinski definition) is 5. The summed E-state index contributed by atoms with van der Waals surface area (Å²) in [4.78, 5) is 0. The molecular formula is C15H23NO4. The van der Waals surface area contributed by atoms with Crippen molar-refractivity contribution in [2.45, 2.75) is 18.9 Å². The number of methoxy groups -OCH3 is 3. The molecule has 0 saturated carbocycles. The lowest BCUT2D eigenvalue weighted by molar-refractivity contribution is 0.0444. The first-order valence-corrected chi connectivity index (χ1v) is 6.84. The van der Waals surface area contributed by atoms with Gasteiger partial charge in [-0.15, -0.1) is 0 Å². The maximum atomic E-state index is 6.40. The molecule has 1 aromatic carbocycles. The smallest absolute Gasteiger partial charge is 0.164 e. The van der Waals surface area contributed by atoms with Crippen LogP contribution in [0.5, 0.6) is 17.2 Å². The quantitative estimate of drug-likeness (QED) is 0.896. The predicted molar refractivity (Wildman–Crippen MR) is 76.6 cm³/mol. The van der Waals surface area contributed by atoms with Gasteiger partial charge in [0.2, 0.25) is 0 Å². The Morgan fingerprint density at radius 3 is 2.30 bits per heavy atom. The van der Waals surface area contributed by atoms with Crippen LogP contribution in [0.4, 0.5) is 0 Å². The molecule has 1 saturated heterocycles. The molecule has 2 unspecified atom stereocenters. The molecule has 1 aliphatic rings. The molecule has 20 heavy (non-hydrogen) atoms. The fourth-order valence-electron chi connectivity index (χ4n) is 2.62. The molecular weight excluding hydrogens is 258 g/mol. The van der Waals surface area contributed by atoms with Crippen LogP contribution in [0, 0.1) is 5.92 Å². The zero-order chi connectivity index (χ0) is 14.5. The first-order valence-electron chi connectivity index (χ1n) is 6.84. The van der Waals surface area contributed by atoms with Gasteiger partial charge < -0.3 is 24.7 Å². The Morgan fingerprint density at radius 2 is 1.75 bits per heavy atom. The Labute approximate surface area is 120 Å². The van der Waals surface area contributed by atoms with E-state index in [4.69, 9.17) is 24.7 Å². The van der Waals surface area contributed by atoms with Gasteiger partial charge in [0.1, 0.15) is 5.75 Å². The molecule has 2 atom stereocenters. The SMILES string of the molecule is COc1cc(OC)c(C(N)C2CCCOC2)cc1OC. The Hall–Kier alpha value is -1.46.